The smallest absolute Gasteiger partial charge is 0.319 e. The van der Waals surface area contributed by atoms with Crippen molar-refractivity contribution in [1.82, 2.24) is 0 Å². The van der Waals surface area contributed by atoms with Gasteiger partial charge in [-0.3, -0.25) is 9.59 Å². The van der Waals surface area contributed by atoms with Gasteiger partial charge in [-0.15, -0.1) is 11.8 Å². The van der Waals surface area contributed by atoms with Crippen molar-refractivity contribution < 1.29 is 18.7 Å². The van der Waals surface area contributed by atoms with Crippen LogP contribution in [0.5, 0.6) is 0 Å². The molecule has 1 aromatic rings. The standard InChI is InChI=1S/C19H27ClFNO3S/c1-6-12(4)25-19(24)13(5)26-17-10-16(15(21)9-14(17)20)22-18(23)8-7-11(2)3/h9-13H,6-8H2,1-5H3,(H,22,23). The van der Waals surface area contributed by atoms with Crippen molar-refractivity contribution >= 4 is 40.9 Å². The number of benzene rings is 1. The van der Waals surface area contributed by atoms with E-state index in [9.17, 15) is 14.0 Å². The van der Waals surface area contributed by atoms with Crippen LogP contribution in [0.4, 0.5) is 10.1 Å². The molecule has 4 nitrogen and oxygen atoms in total. The molecule has 7 heteroatoms. The summed E-state index contributed by atoms with van der Waals surface area (Å²) < 4.78 is 19.4. The second-order valence-corrected chi connectivity index (χ2v) is 8.45. The maximum atomic E-state index is 14.1. The fraction of sp³-hybridized carbons (Fsp3) is 0.579. The number of thioether (sulfide) groups is 1. The predicted octanol–water partition coefficient (Wildman–Crippen LogP) is 5.68. The molecular weight excluding hydrogens is 377 g/mol. The molecule has 0 saturated heterocycles. The average molecular weight is 404 g/mol. The Hall–Kier alpha value is -1.27. The van der Waals surface area contributed by atoms with Gasteiger partial charge in [0.15, 0.2) is 0 Å². The monoisotopic (exact) mass is 403 g/mol. The number of carbonyl (C=O) groups is 2. The van der Waals surface area contributed by atoms with Crippen molar-refractivity contribution in [3.8, 4) is 0 Å². The number of carbonyl (C=O) groups excluding carboxylic acids is 2. The van der Waals surface area contributed by atoms with E-state index in [0.717, 1.165) is 18.9 Å². The van der Waals surface area contributed by atoms with Crippen molar-refractivity contribution in [2.75, 3.05) is 5.32 Å². The summed E-state index contributed by atoms with van der Waals surface area (Å²) >= 11 is 7.27. The van der Waals surface area contributed by atoms with Gasteiger partial charge in [0, 0.05) is 11.3 Å². The maximum absolute atomic E-state index is 14.1. The Morgan fingerprint density at radius 3 is 2.50 bits per heavy atom. The Kier molecular flexibility index (Phi) is 9.44. The largest absolute Gasteiger partial charge is 0.462 e. The third kappa shape index (κ3) is 7.54. The van der Waals surface area contributed by atoms with Crippen molar-refractivity contribution in [3.05, 3.63) is 23.0 Å². The predicted molar refractivity (Wildman–Crippen MR) is 105 cm³/mol. The summed E-state index contributed by atoms with van der Waals surface area (Å²) in [4.78, 5) is 24.5. The summed E-state index contributed by atoms with van der Waals surface area (Å²) in [5.74, 6) is -0.821. The molecule has 0 aliphatic carbocycles. The minimum atomic E-state index is -0.605. The normalized spacial score (nSPS) is 13.4. The van der Waals surface area contributed by atoms with Gasteiger partial charge in [0.2, 0.25) is 5.91 Å². The lowest BCUT2D eigenvalue weighted by atomic mass is 10.1. The molecule has 0 saturated carbocycles. The van der Waals surface area contributed by atoms with E-state index in [4.69, 9.17) is 16.3 Å². The summed E-state index contributed by atoms with van der Waals surface area (Å²) in [5, 5.41) is 2.26. The molecule has 0 aromatic heterocycles. The number of hydrogen-bond acceptors (Lipinski definition) is 4. The number of nitrogens with one attached hydrogen (secondary N) is 1. The Morgan fingerprint density at radius 2 is 1.92 bits per heavy atom. The molecule has 1 N–H and O–H groups in total. The number of anilines is 1. The number of ether oxygens (including phenoxy) is 1. The topological polar surface area (TPSA) is 55.4 Å². The minimum Gasteiger partial charge on any atom is -0.462 e. The van der Waals surface area contributed by atoms with Gasteiger partial charge in [0.1, 0.15) is 11.1 Å². The van der Waals surface area contributed by atoms with Crippen LogP contribution in [0.25, 0.3) is 0 Å². The number of halogens is 2. The lowest BCUT2D eigenvalue weighted by Crippen LogP contribution is -2.22. The molecule has 1 rings (SSSR count). The Labute approximate surface area is 164 Å². The summed E-state index contributed by atoms with van der Waals surface area (Å²) in [6.07, 6.45) is 1.61. The zero-order valence-corrected chi connectivity index (χ0v) is 17.5. The highest BCUT2D eigenvalue weighted by Crippen LogP contribution is 2.35. The van der Waals surface area contributed by atoms with Crippen LogP contribution in [-0.4, -0.2) is 23.2 Å². The highest BCUT2D eigenvalue weighted by molar-refractivity contribution is 8.00. The van der Waals surface area contributed by atoms with E-state index in [1.54, 1.807) is 6.92 Å². The first-order valence-corrected chi connectivity index (χ1v) is 10.1. The van der Waals surface area contributed by atoms with E-state index < -0.39 is 11.1 Å². The van der Waals surface area contributed by atoms with Crippen LogP contribution >= 0.6 is 23.4 Å². The van der Waals surface area contributed by atoms with Crippen molar-refractivity contribution in [1.29, 1.82) is 0 Å². The van der Waals surface area contributed by atoms with Gasteiger partial charge in [0.25, 0.3) is 0 Å². The van der Waals surface area contributed by atoms with Crippen LogP contribution in [0.3, 0.4) is 0 Å². The second kappa shape index (κ2) is 10.8. The zero-order valence-electron chi connectivity index (χ0n) is 15.9. The van der Waals surface area contributed by atoms with Crippen LogP contribution in [-0.2, 0) is 14.3 Å². The summed E-state index contributed by atoms with van der Waals surface area (Å²) in [6.45, 7) is 9.50. The molecule has 0 aliphatic rings. The van der Waals surface area contributed by atoms with Crippen molar-refractivity contribution in [2.45, 2.75) is 70.1 Å². The summed E-state index contributed by atoms with van der Waals surface area (Å²) in [6, 6.07) is 2.61. The van der Waals surface area contributed by atoms with E-state index in [-0.39, 0.29) is 28.7 Å². The third-order valence-corrected chi connectivity index (χ3v) is 5.33. The first kappa shape index (κ1) is 22.8. The van der Waals surface area contributed by atoms with E-state index in [0.29, 0.717) is 17.2 Å². The first-order chi connectivity index (χ1) is 12.1. The van der Waals surface area contributed by atoms with Gasteiger partial charge in [-0.05, 0) is 44.7 Å². The number of rotatable bonds is 9. The SMILES string of the molecule is CCC(C)OC(=O)C(C)Sc1cc(NC(=O)CCC(C)C)c(F)cc1Cl. The molecule has 2 unspecified atom stereocenters. The fourth-order valence-corrected chi connectivity index (χ4v) is 3.14. The minimum absolute atomic E-state index is 0.0631. The Bertz CT molecular complexity index is 639. The van der Waals surface area contributed by atoms with Gasteiger partial charge in [-0.1, -0.05) is 32.4 Å². The average Bonchev–Trinajstić information content (AvgIpc) is 2.56. The van der Waals surface area contributed by atoms with Crippen LogP contribution in [0.2, 0.25) is 5.02 Å². The third-order valence-electron chi connectivity index (χ3n) is 3.77. The Morgan fingerprint density at radius 1 is 1.27 bits per heavy atom. The molecule has 146 valence electrons. The quantitative estimate of drug-likeness (QED) is 0.426. The molecule has 0 fully saturated rings. The molecule has 26 heavy (non-hydrogen) atoms. The fourth-order valence-electron chi connectivity index (χ4n) is 1.96. The van der Waals surface area contributed by atoms with Gasteiger partial charge in [-0.25, -0.2) is 4.39 Å². The van der Waals surface area contributed by atoms with Gasteiger partial charge < -0.3 is 10.1 Å². The number of hydrogen-bond donors (Lipinski definition) is 1. The second-order valence-electron chi connectivity index (χ2n) is 6.66. The number of amides is 1. The highest BCUT2D eigenvalue weighted by Gasteiger charge is 2.21. The van der Waals surface area contributed by atoms with E-state index in [1.165, 1.54) is 17.8 Å². The van der Waals surface area contributed by atoms with E-state index in [1.807, 2.05) is 27.7 Å². The molecule has 0 heterocycles. The van der Waals surface area contributed by atoms with Gasteiger partial charge >= 0.3 is 5.97 Å². The molecule has 0 radical (unpaired) electrons. The van der Waals surface area contributed by atoms with E-state index >= 15 is 0 Å². The maximum Gasteiger partial charge on any atom is 0.319 e. The van der Waals surface area contributed by atoms with Gasteiger partial charge in [-0.2, -0.15) is 0 Å². The molecule has 2 atom stereocenters. The molecular formula is C19H27ClFNO3S. The van der Waals surface area contributed by atoms with E-state index in [2.05, 4.69) is 5.32 Å². The highest BCUT2D eigenvalue weighted by atomic mass is 35.5. The molecule has 0 aliphatic heterocycles. The molecule has 1 aromatic carbocycles. The Balaban J connectivity index is 2.83. The van der Waals surface area contributed by atoms with Crippen LogP contribution in [0.15, 0.2) is 17.0 Å². The summed E-state index contributed by atoms with van der Waals surface area (Å²) in [7, 11) is 0. The van der Waals surface area contributed by atoms with Crippen LogP contribution in [0, 0.1) is 11.7 Å². The number of esters is 1. The van der Waals surface area contributed by atoms with Crippen molar-refractivity contribution in [3.63, 3.8) is 0 Å². The van der Waals surface area contributed by atoms with Crippen LogP contribution < -0.4 is 5.32 Å². The zero-order chi connectivity index (χ0) is 19.9. The van der Waals surface area contributed by atoms with Crippen molar-refractivity contribution in [2.24, 2.45) is 5.92 Å². The lowest BCUT2D eigenvalue weighted by Gasteiger charge is -2.16. The first-order valence-electron chi connectivity index (χ1n) is 8.80. The van der Waals surface area contributed by atoms with Gasteiger partial charge in [0.05, 0.1) is 16.8 Å². The lowest BCUT2D eigenvalue weighted by molar-refractivity contribution is -0.147. The molecule has 1 amide bonds. The van der Waals surface area contributed by atoms with Crippen LogP contribution in [0.1, 0.15) is 53.9 Å². The summed E-state index contributed by atoms with van der Waals surface area (Å²) in [5.41, 5.74) is 0.0631. The molecule has 0 spiro atoms. The molecule has 0 bridgehead atoms.